The van der Waals surface area contributed by atoms with E-state index >= 15 is 0 Å². The highest BCUT2D eigenvalue weighted by atomic mass is 32.1. The lowest BCUT2D eigenvalue weighted by atomic mass is 9.85. The van der Waals surface area contributed by atoms with Crippen LogP contribution in [0, 0.1) is 12.3 Å². The molecule has 0 aliphatic carbocycles. The van der Waals surface area contributed by atoms with E-state index in [1.165, 1.54) is 4.90 Å². The van der Waals surface area contributed by atoms with Crippen molar-refractivity contribution >= 4 is 41.1 Å². The van der Waals surface area contributed by atoms with Crippen molar-refractivity contribution in [2.24, 2.45) is 11.1 Å². The number of primary amides is 1. The van der Waals surface area contributed by atoms with E-state index < -0.39 is 41.0 Å². The van der Waals surface area contributed by atoms with Crippen LogP contribution < -0.4 is 21.1 Å². The largest absolute Gasteiger partial charge is 0.494 e. The number of nitrogens with zero attached hydrogens (tertiary/aromatic N) is 3. The number of rotatable bonds is 16. The molecule has 3 aromatic rings. The van der Waals surface area contributed by atoms with Gasteiger partial charge in [0.15, 0.2) is 0 Å². The lowest BCUT2D eigenvalue weighted by Crippen LogP contribution is -2.58. The maximum Gasteiger partial charge on any atom is 0.410 e. The Morgan fingerprint density at radius 3 is 2.27 bits per heavy atom. The van der Waals surface area contributed by atoms with Gasteiger partial charge in [-0.15, -0.1) is 11.3 Å². The first-order chi connectivity index (χ1) is 25.9. The Labute approximate surface area is 328 Å². The minimum absolute atomic E-state index is 0.241. The van der Waals surface area contributed by atoms with Gasteiger partial charge in [0, 0.05) is 25.2 Å². The summed E-state index contributed by atoms with van der Waals surface area (Å²) in [7, 11) is 0. The van der Waals surface area contributed by atoms with Gasteiger partial charge in [0.2, 0.25) is 23.6 Å². The van der Waals surface area contributed by atoms with Crippen LogP contribution in [-0.2, 0) is 25.7 Å². The summed E-state index contributed by atoms with van der Waals surface area (Å²) in [5.74, 6) is -0.970. The van der Waals surface area contributed by atoms with Crippen molar-refractivity contribution in [2.75, 3.05) is 26.2 Å². The number of hydrogen-bond acceptors (Lipinski definition) is 9. The molecule has 5 amide bonds. The molecule has 2 atom stereocenters. The Balaban J connectivity index is 1.32. The SMILES string of the molecule is Cc1ncsc1-c1ccc(CNC(=O)C2CCCN2C(=O)C(NC(=O)CN(CCCCCOc2ccc(C(N)=O)cc2)C(=O)OC(C)(C)C)C(C)(C)C)cc1. The average molecular weight is 777 g/mol. The second-order valence-electron chi connectivity index (χ2n) is 15.9. The highest BCUT2D eigenvalue weighted by Crippen LogP contribution is 2.28. The molecule has 0 bridgehead atoms. The van der Waals surface area contributed by atoms with Gasteiger partial charge in [0.1, 0.15) is 30.0 Å². The van der Waals surface area contributed by atoms with Crippen molar-refractivity contribution in [3.05, 3.63) is 70.9 Å². The van der Waals surface area contributed by atoms with E-state index in [4.69, 9.17) is 15.2 Å². The molecular weight excluding hydrogens is 721 g/mol. The molecule has 0 saturated carbocycles. The van der Waals surface area contributed by atoms with Crippen LogP contribution in [0.3, 0.4) is 0 Å². The van der Waals surface area contributed by atoms with Crippen molar-refractivity contribution < 1.29 is 33.4 Å². The quantitative estimate of drug-likeness (QED) is 0.152. The molecule has 0 radical (unpaired) electrons. The van der Waals surface area contributed by atoms with Gasteiger partial charge in [0.05, 0.1) is 22.7 Å². The number of likely N-dealkylation sites (tertiary alicyclic amines) is 1. The molecule has 0 spiro atoms. The Morgan fingerprint density at radius 1 is 0.982 bits per heavy atom. The van der Waals surface area contributed by atoms with Crippen molar-refractivity contribution in [1.29, 1.82) is 0 Å². The molecule has 4 N–H and O–H groups in total. The fourth-order valence-electron chi connectivity index (χ4n) is 6.21. The summed E-state index contributed by atoms with van der Waals surface area (Å²) >= 11 is 1.58. The van der Waals surface area contributed by atoms with Crippen molar-refractivity contribution in [2.45, 2.75) is 105 Å². The van der Waals surface area contributed by atoms with E-state index in [9.17, 15) is 24.0 Å². The molecule has 1 saturated heterocycles. The normalized spacial score (nSPS) is 14.9. The molecule has 2 heterocycles. The first-order valence-electron chi connectivity index (χ1n) is 18.8. The average Bonchev–Trinajstić information content (AvgIpc) is 3.79. The molecule has 298 valence electrons. The summed E-state index contributed by atoms with van der Waals surface area (Å²) in [5.41, 5.74) is 9.03. The summed E-state index contributed by atoms with van der Waals surface area (Å²) in [6, 6.07) is 13.0. The van der Waals surface area contributed by atoms with Gasteiger partial charge in [-0.2, -0.15) is 0 Å². The highest BCUT2D eigenvalue weighted by Gasteiger charge is 2.42. The first-order valence-corrected chi connectivity index (χ1v) is 19.7. The van der Waals surface area contributed by atoms with E-state index in [1.807, 2.05) is 57.5 Å². The maximum absolute atomic E-state index is 14.1. The Kier molecular flexibility index (Phi) is 14.8. The zero-order valence-electron chi connectivity index (χ0n) is 33.1. The second kappa shape index (κ2) is 19.1. The predicted molar refractivity (Wildman–Crippen MR) is 212 cm³/mol. The first kappa shape index (κ1) is 42.8. The zero-order valence-corrected chi connectivity index (χ0v) is 33.9. The monoisotopic (exact) mass is 776 g/mol. The predicted octanol–water partition coefficient (Wildman–Crippen LogP) is 5.84. The molecule has 55 heavy (non-hydrogen) atoms. The highest BCUT2D eigenvalue weighted by molar-refractivity contribution is 7.13. The van der Waals surface area contributed by atoms with E-state index in [2.05, 4.69) is 15.6 Å². The minimum Gasteiger partial charge on any atom is -0.494 e. The number of benzene rings is 2. The number of hydrogen-bond donors (Lipinski definition) is 3. The molecule has 1 aliphatic rings. The van der Waals surface area contributed by atoms with E-state index in [1.54, 1.807) is 61.3 Å². The van der Waals surface area contributed by atoms with Crippen LogP contribution in [0.1, 0.15) is 95.3 Å². The Morgan fingerprint density at radius 2 is 1.67 bits per heavy atom. The summed E-state index contributed by atoms with van der Waals surface area (Å²) in [4.78, 5) is 74.0. The fraction of sp³-hybridized carbons (Fsp3) is 0.512. The number of carbonyl (C=O) groups is 5. The molecule has 2 aromatic carbocycles. The number of aryl methyl sites for hydroxylation is 1. The van der Waals surface area contributed by atoms with Crippen LogP contribution in [-0.4, -0.2) is 88.4 Å². The second-order valence-corrected chi connectivity index (χ2v) is 16.8. The standard InChI is InChI=1S/C41H56N6O7S/c1-27-34(55-26-44-27)29-15-13-28(14-16-29)24-43-37(50)32-12-11-22-47(32)38(51)35(40(2,3)4)45-33(48)25-46(39(52)54-41(5,6)7)21-9-8-10-23-53-31-19-17-30(18-20-31)36(42)49/h13-20,26,32,35H,8-12,21-25H2,1-7H3,(H2,42,49)(H,43,50)(H,45,48). The van der Waals surface area contributed by atoms with Crippen LogP contribution in [0.25, 0.3) is 10.4 Å². The van der Waals surface area contributed by atoms with Crippen molar-refractivity contribution in [3.63, 3.8) is 0 Å². The minimum atomic E-state index is -0.939. The molecule has 1 aromatic heterocycles. The number of unbranched alkanes of at least 4 members (excludes halogenated alkanes) is 2. The molecular formula is C41H56N6O7S. The maximum atomic E-state index is 14.1. The van der Waals surface area contributed by atoms with E-state index in [-0.39, 0.29) is 24.9 Å². The summed E-state index contributed by atoms with van der Waals surface area (Å²) in [6.07, 6.45) is 2.54. The number of carbonyl (C=O) groups excluding carboxylic acids is 5. The van der Waals surface area contributed by atoms with Gasteiger partial charge >= 0.3 is 6.09 Å². The summed E-state index contributed by atoms with van der Waals surface area (Å²) < 4.78 is 11.4. The van der Waals surface area contributed by atoms with Crippen LogP contribution in [0.2, 0.25) is 0 Å². The Hall–Kier alpha value is -4.98. The van der Waals surface area contributed by atoms with Crippen LogP contribution in [0.4, 0.5) is 4.79 Å². The molecule has 1 fully saturated rings. The number of nitrogens with one attached hydrogen (secondary N) is 2. The Bertz CT molecular complexity index is 1780. The van der Waals surface area contributed by atoms with E-state index in [0.717, 1.165) is 21.7 Å². The molecule has 14 heteroatoms. The third-order valence-corrected chi connectivity index (χ3v) is 10.1. The van der Waals surface area contributed by atoms with Gasteiger partial charge < -0.3 is 30.7 Å². The van der Waals surface area contributed by atoms with Gasteiger partial charge in [-0.1, -0.05) is 45.0 Å². The third-order valence-electron chi connectivity index (χ3n) is 9.15. The van der Waals surface area contributed by atoms with Crippen LogP contribution in [0.15, 0.2) is 54.0 Å². The lowest BCUT2D eigenvalue weighted by Gasteiger charge is -2.36. The van der Waals surface area contributed by atoms with Gasteiger partial charge in [-0.3, -0.25) is 24.1 Å². The molecule has 1 aliphatic heterocycles. The topological polar surface area (TPSA) is 173 Å². The molecule has 2 unspecified atom stereocenters. The lowest BCUT2D eigenvalue weighted by molar-refractivity contribution is -0.144. The number of nitrogens with two attached hydrogens (primary N) is 1. The van der Waals surface area contributed by atoms with Crippen molar-refractivity contribution in [1.82, 2.24) is 25.4 Å². The molecule has 4 rings (SSSR count). The number of aromatic nitrogens is 1. The van der Waals surface area contributed by atoms with Gasteiger partial charge in [-0.25, -0.2) is 9.78 Å². The third kappa shape index (κ3) is 12.8. The number of amides is 5. The van der Waals surface area contributed by atoms with Crippen molar-refractivity contribution in [3.8, 4) is 16.2 Å². The molecule has 13 nitrogen and oxygen atoms in total. The van der Waals surface area contributed by atoms with Gasteiger partial charge in [0.25, 0.3) is 0 Å². The van der Waals surface area contributed by atoms with Gasteiger partial charge in [-0.05, 0) is 101 Å². The summed E-state index contributed by atoms with van der Waals surface area (Å²) in [5, 5.41) is 5.90. The smallest absolute Gasteiger partial charge is 0.410 e. The number of thiazole rings is 1. The van der Waals surface area contributed by atoms with Crippen LogP contribution >= 0.6 is 11.3 Å². The number of ether oxygens (including phenoxy) is 2. The summed E-state index contributed by atoms with van der Waals surface area (Å²) in [6.45, 7) is 13.9. The van der Waals surface area contributed by atoms with E-state index in [0.29, 0.717) is 63.1 Å². The zero-order chi connectivity index (χ0) is 40.3. The fourth-order valence-corrected chi connectivity index (χ4v) is 7.02. The van der Waals surface area contributed by atoms with Crippen LogP contribution in [0.5, 0.6) is 5.75 Å².